The molecule has 0 aromatic heterocycles. The minimum Gasteiger partial charge on any atom is -0.313 e. The maximum absolute atomic E-state index is 15.3. The molecule has 2 unspecified atom stereocenters. The normalized spacial score (nSPS) is 13.8. The van der Waals surface area contributed by atoms with Crippen molar-refractivity contribution in [3.8, 4) is 0 Å². The summed E-state index contributed by atoms with van der Waals surface area (Å²) in [7, 11) is -6.28. The lowest BCUT2D eigenvalue weighted by atomic mass is 10.2. The van der Waals surface area contributed by atoms with Crippen LogP contribution in [0.25, 0.3) is 0 Å². The van der Waals surface area contributed by atoms with Crippen LogP contribution < -0.4 is 21.2 Å². The fourth-order valence-electron chi connectivity index (χ4n) is 4.91. The summed E-state index contributed by atoms with van der Waals surface area (Å²) in [5.74, 6) is 0. The monoisotopic (exact) mass is 514 g/mol. The largest absolute Gasteiger partial charge is 0.313 e. The van der Waals surface area contributed by atoms with Crippen molar-refractivity contribution < 1.29 is 9.13 Å². The van der Waals surface area contributed by atoms with E-state index in [0.29, 0.717) is 0 Å². The number of hydrogen-bond acceptors (Lipinski definition) is 2. The molecule has 2 atom stereocenters. The molecule has 0 heterocycles. The third kappa shape index (κ3) is 4.82. The third-order valence-electron chi connectivity index (χ3n) is 7.52. The van der Waals surface area contributed by atoms with Gasteiger partial charge in [0.25, 0.3) is 0 Å². The van der Waals surface area contributed by atoms with Crippen LogP contribution in [0.15, 0.2) is 97.1 Å². The molecule has 0 radical (unpaired) electrons. The maximum Gasteiger partial charge on any atom is 0.146 e. The second-order valence-electron chi connectivity index (χ2n) is 10.1. The average Bonchev–Trinajstić information content (AvgIpc) is 2.88. The van der Waals surface area contributed by atoms with Crippen LogP contribution in [-0.4, -0.2) is 11.3 Å². The van der Waals surface area contributed by atoms with Crippen molar-refractivity contribution in [2.75, 3.05) is 0 Å². The van der Waals surface area contributed by atoms with E-state index in [9.17, 15) is 0 Å². The van der Waals surface area contributed by atoms with Gasteiger partial charge >= 0.3 is 0 Å². The lowest BCUT2D eigenvalue weighted by molar-refractivity contribution is 0.565. The first-order chi connectivity index (χ1) is 17.1. The van der Waals surface area contributed by atoms with Crippen LogP contribution in [0.2, 0.25) is 0 Å². The molecular weight excluding hydrogens is 478 g/mol. The van der Waals surface area contributed by atoms with Crippen molar-refractivity contribution in [3.63, 3.8) is 0 Å². The summed E-state index contributed by atoms with van der Waals surface area (Å²) in [6.45, 7) is 12.2. The summed E-state index contributed by atoms with van der Waals surface area (Å²) >= 11 is 0. The van der Waals surface area contributed by atoms with Crippen LogP contribution in [0.3, 0.4) is 0 Å². The lowest BCUT2D eigenvalue weighted by Crippen LogP contribution is -2.36. The molecule has 0 aliphatic heterocycles. The zero-order valence-corrected chi connectivity index (χ0v) is 23.9. The Morgan fingerprint density at radius 2 is 0.556 bits per heavy atom. The van der Waals surface area contributed by atoms with Crippen LogP contribution in [0.5, 0.6) is 0 Å². The molecule has 2 nitrogen and oxygen atoms in total. The molecule has 4 heteroatoms. The van der Waals surface area contributed by atoms with Crippen molar-refractivity contribution in [1.82, 2.24) is 0 Å². The second kappa shape index (κ2) is 10.4. The van der Waals surface area contributed by atoms with E-state index >= 15 is 9.13 Å². The molecule has 0 aliphatic rings. The summed E-state index contributed by atoms with van der Waals surface area (Å²) in [4.78, 5) is 0. The van der Waals surface area contributed by atoms with Gasteiger partial charge in [-0.15, -0.1) is 0 Å². The van der Waals surface area contributed by atoms with Gasteiger partial charge in [0.05, 0.1) is 0 Å². The second-order valence-corrected chi connectivity index (χ2v) is 16.5. The summed E-state index contributed by atoms with van der Waals surface area (Å²) in [5.41, 5.74) is 3.80. The molecule has 0 bridgehead atoms. The molecule has 36 heavy (non-hydrogen) atoms. The van der Waals surface area contributed by atoms with Crippen molar-refractivity contribution in [3.05, 3.63) is 119 Å². The standard InChI is InChI=1S/C32H36O2P2/c1-23-7-15-29(16-8-23)35(33,30-17-9-24(2)10-18-30)27(5)28(6)36(34,31-19-11-25(3)12-20-31)32-21-13-26(4)14-22-32/h7-22,27-28H,1-6H3. The van der Waals surface area contributed by atoms with E-state index < -0.39 is 14.3 Å². The van der Waals surface area contributed by atoms with E-state index in [4.69, 9.17) is 0 Å². The van der Waals surface area contributed by atoms with Gasteiger partial charge in [0.1, 0.15) is 14.3 Å². The SMILES string of the molecule is Cc1ccc(P(=O)(c2ccc(C)cc2)C(C)C(C)P(=O)(c2ccc(C)cc2)c2ccc(C)cc2)cc1. The van der Waals surface area contributed by atoms with Gasteiger partial charge in [0, 0.05) is 32.5 Å². The van der Waals surface area contributed by atoms with E-state index in [0.717, 1.165) is 43.5 Å². The van der Waals surface area contributed by atoms with Crippen molar-refractivity contribution in [2.24, 2.45) is 0 Å². The summed E-state index contributed by atoms with van der Waals surface area (Å²) in [5, 5.41) is 3.26. The molecule has 0 N–H and O–H groups in total. The van der Waals surface area contributed by atoms with E-state index in [1.54, 1.807) is 0 Å². The lowest BCUT2D eigenvalue weighted by Gasteiger charge is -2.35. The Kier molecular flexibility index (Phi) is 7.61. The molecule has 0 saturated heterocycles. The number of rotatable bonds is 7. The zero-order valence-electron chi connectivity index (χ0n) is 22.1. The molecule has 0 saturated carbocycles. The third-order valence-corrected chi connectivity index (χ3v) is 15.2. The van der Waals surface area contributed by atoms with Gasteiger partial charge in [-0.2, -0.15) is 0 Å². The van der Waals surface area contributed by atoms with Gasteiger partial charge < -0.3 is 9.13 Å². The van der Waals surface area contributed by atoms with Gasteiger partial charge in [0.2, 0.25) is 0 Å². The van der Waals surface area contributed by atoms with Gasteiger partial charge in [-0.25, -0.2) is 0 Å². The number of aryl methyl sites for hydroxylation is 4. The van der Waals surface area contributed by atoms with Crippen molar-refractivity contribution in [1.29, 1.82) is 0 Å². The van der Waals surface area contributed by atoms with Gasteiger partial charge in [0.15, 0.2) is 0 Å². The molecule has 0 amide bonds. The fourth-order valence-corrected chi connectivity index (χ4v) is 12.1. The maximum atomic E-state index is 15.3. The van der Waals surface area contributed by atoms with Crippen LogP contribution in [0.1, 0.15) is 36.1 Å². The minimum atomic E-state index is -3.14. The molecular formula is C32H36O2P2. The molecule has 0 fully saturated rings. The van der Waals surface area contributed by atoms with Gasteiger partial charge in [-0.1, -0.05) is 133 Å². The van der Waals surface area contributed by atoms with Crippen LogP contribution >= 0.6 is 14.3 Å². The van der Waals surface area contributed by atoms with Gasteiger partial charge in [-0.3, -0.25) is 0 Å². The number of benzene rings is 4. The summed E-state index contributed by atoms with van der Waals surface area (Å²) < 4.78 is 30.6. The molecule has 4 aromatic rings. The predicted molar refractivity (Wildman–Crippen MR) is 157 cm³/mol. The Morgan fingerprint density at radius 1 is 0.389 bits per heavy atom. The number of hydrogen-bond donors (Lipinski definition) is 0. The molecule has 0 spiro atoms. The Labute approximate surface area is 216 Å². The Bertz CT molecular complexity index is 1210. The van der Waals surface area contributed by atoms with Crippen molar-refractivity contribution >= 4 is 35.5 Å². The zero-order chi connectivity index (χ0) is 26.1. The topological polar surface area (TPSA) is 34.1 Å². The van der Waals surface area contributed by atoms with E-state index in [-0.39, 0.29) is 11.3 Å². The van der Waals surface area contributed by atoms with E-state index in [2.05, 4.69) is 0 Å². The Morgan fingerprint density at radius 3 is 0.722 bits per heavy atom. The highest BCUT2D eigenvalue weighted by molar-refractivity contribution is 7.83. The summed E-state index contributed by atoms with van der Waals surface area (Å²) in [6, 6.07) is 32.1. The van der Waals surface area contributed by atoms with Crippen LogP contribution in [-0.2, 0) is 9.13 Å². The molecule has 186 valence electrons. The smallest absolute Gasteiger partial charge is 0.146 e. The average molecular weight is 515 g/mol. The van der Waals surface area contributed by atoms with E-state index in [1.165, 1.54) is 0 Å². The minimum absolute atomic E-state index is 0.351. The highest BCUT2D eigenvalue weighted by Crippen LogP contribution is 2.59. The fraction of sp³-hybridized carbons (Fsp3) is 0.250. The van der Waals surface area contributed by atoms with E-state index in [1.807, 2.05) is 139 Å². The first kappa shape index (κ1) is 26.4. The first-order valence-corrected chi connectivity index (χ1v) is 16.1. The van der Waals surface area contributed by atoms with Crippen LogP contribution in [0, 0.1) is 27.7 Å². The highest BCUT2D eigenvalue weighted by atomic mass is 31.2. The first-order valence-electron chi connectivity index (χ1n) is 12.5. The molecule has 4 aromatic carbocycles. The Hall–Kier alpha value is -2.66. The molecule has 0 aliphatic carbocycles. The highest BCUT2D eigenvalue weighted by Gasteiger charge is 2.45. The molecule has 4 rings (SSSR count). The predicted octanol–water partition coefficient (Wildman–Crippen LogP) is 7.03. The summed E-state index contributed by atoms with van der Waals surface area (Å²) in [6.07, 6.45) is 0. The van der Waals surface area contributed by atoms with Crippen LogP contribution in [0.4, 0.5) is 0 Å². The quantitative estimate of drug-likeness (QED) is 0.248. The Balaban J connectivity index is 1.92. The van der Waals surface area contributed by atoms with Gasteiger partial charge in [-0.05, 0) is 27.7 Å². The van der Waals surface area contributed by atoms with Crippen molar-refractivity contribution in [2.45, 2.75) is 52.9 Å².